The van der Waals surface area contributed by atoms with Crippen LogP contribution in [0.3, 0.4) is 0 Å². The number of thioether (sulfide) groups is 1. The number of anilines is 1. The van der Waals surface area contributed by atoms with Crippen molar-refractivity contribution in [2.75, 3.05) is 11.1 Å². The van der Waals surface area contributed by atoms with Crippen molar-refractivity contribution in [1.29, 1.82) is 0 Å². The molecule has 20 heavy (non-hydrogen) atoms. The molecule has 1 nitrogen and oxygen atoms in total. The van der Waals surface area contributed by atoms with Gasteiger partial charge in [-0.25, -0.2) is 0 Å². The van der Waals surface area contributed by atoms with Crippen molar-refractivity contribution < 1.29 is 0 Å². The lowest BCUT2D eigenvalue weighted by molar-refractivity contribution is 0.728. The highest BCUT2D eigenvalue weighted by molar-refractivity contribution is 9.10. The summed E-state index contributed by atoms with van der Waals surface area (Å²) in [5, 5.41) is 4.45. The molecule has 4 heteroatoms. The lowest BCUT2D eigenvalue weighted by Gasteiger charge is -2.27. The third-order valence-electron chi connectivity index (χ3n) is 3.39. The highest BCUT2D eigenvalue weighted by Crippen LogP contribution is 2.39. The minimum atomic E-state index is 0.332. The normalized spacial score (nSPS) is 17.6. The number of hydrogen-bond acceptors (Lipinski definition) is 2. The molecule has 0 bridgehead atoms. The zero-order valence-corrected chi connectivity index (χ0v) is 14.3. The van der Waals surface area contributed by atoms with Crippen molar-refractivity contribution in [1.82, 2.24) is 0 Å². The Bertz CT molecular complexity index is 624. The molecule has 0 spiro atoms. The molecule has 0 saturated heterocycles. The van der Waals surface area contributed by atoms with Gasteiger partial charge in [0.05, 0.1) is 6.04 Å². The van der Waals surface area contributed by atoms with Crippen molar-refractivity contribution in [3.8, 4) is 0 Å². The second kappa shape index (κ2) is 6.00. The summed E-state index contributed by atoms with van der Waals surface area (Å²) in [5.74, 6) is 1.14. The van der Waals surface area contributed by atoms with E-state index in [1.807, 2.05) is 17.8 Å². The Hall–Kier alpha value is -0.640. The second-order valence-electron chi connectivity index (χ2n) is 5.03. The van der Waals surface area contributed by atoms with Gasteiger partial charge in [-0.05, 0) is 60.9 Å². The van der Waals surface area contributed by atoms with E-state index in [2.05, 4.69) is 58.5 Å². The van der Waals surface area contributed by atoms with Crippen LogP contribution in [0.1, 0.15) is 23.6 Å². The van der Waals surface area contributed by atoms with Crippen molar-refractivity contribution >= 4 is 45.0 Å². The Kier molecular flexibility index (Phi) is 4.29. The van der Waals surface area contributed by atoms with Crippen LogP contribution >= 0.6 is 39.3 Å². The standard InChI is InChI=1S/C16H15BrClNS/c1-10-6-11(17)8-13(7-10)19-15-4-5-20-16-3-2-12(18)9-14(15)16/h2-3,6-9,15,19H,4-5H2,1H3. The summed E-state index contributed by atoms with van der Waals surface area (Å²) in [6, 6.07) is 12.9. The molecule has 104 valence electrons. The Morgan fingerprint density at radius 2 is 2.10 bits per heavy atom. The van der Waals surface area contributed by atoms with E-state index in [0.29, 0.717) is 6.04 Å². The van der Waals surface area contributed by atoms with Crippen LogP contribution in [0.2, 0.25) is 5.02 Å². The summed E-state index contributed by atoms with van der Waals surface area (Å²) in [6.45, 7) is 2.11. The van der Waals surface area contributed by atoms with E-state index in [-0.39, 0.29) is 0 Å². The Balaban J connectivity index is 1.91. The van der Waals surface area contributed by atoms with Crippen molar-refractivity contribution in [2.24, 2.45) is 0 Å². The highest BCUT2D eigenvalue weighted by Gasteiger charge is 2.21. The SMILES string of the molecule is Cc1cc(Br)cc(NC2CCSc3ccc(Cl)cc32)c1. The predicted octanol–water partition coefficient (Wildman–Crippen LogP) is 6.06. The number of nitrogens with one attached hydrogen (secondary N) is 1. The predicted molar refractivity (Wildman–Crippen MR) is 92.0 cm³/mol. The van der Waals surface area contributed by atoms with Gasteiger partial charge in [-0.3, -0.25) is 0 Å². The second-order valence-corrected chi connectivity index (χ2v) is 7.52. The van der Waals surface area contributed by atoms with Gasteiger partial charge < -0.3 is 5.32 Å². The van der Waals surface area contributed by atoms with Gasteiger partial charge in [0.15, 0.2) is 0 Å². The molecule has 0 aliphatic carbocycles. The van der Waals surface area contributed by atoms with Crippen LogP contribution in [0.4, 0.5) is 5.69 Å². The van der Waals surface area contributed by atoms with Gasteiger partial charge in [0.25, 0.3) is 0 Å². The van der Waals surface area contributed by atoms with Crippen LogP contribution < -0.4 is 5.32 Å². The molecule has 1 aliphatic rings. The highest BCUT2D eigenvalue weighted by atomic mass is 79.9. The topological polar surface area (TPSA) is 12.0 Å². The third kappa shape index (κ3) is 3.16. The van der Waals surface area contributed by atoms with Crippen LogP contribution in [-0.2, 0) is 0 Å². The average Bonchev–Trinajstić information content (AvgIpc) is 2.38. The lowest BCUT2D eigenvalue weighted by Crippen LogP contribution is -2.16. The molecule has 1 unspecified atom stereocenters. The monoisotopic (exact) mass is 367 g/mol. The van der Waals surface area contributed by atoms with Gasteiger partial charge in [0, 0.05) is 25.8 Å². The Morgan fingerprint density at radius 3 is 2.90 bits per heavy atom. The van der Waals surface area contributed by atoms with Crippen molar-refractivity contribution in [3.05, 3.63) is 57.0 Å². The van der Waals surface area contributed by atoms with Crippen LogP contribution in [-0.4, -0.2) is 5.75 Å². The van der Waals surface area contributed by atoms with Crippen LogP contribution in [0.25, 0.3) is 0 Å². The molecule has 3 rings (SSSR count). The van der Waals surface area contributed by atoms with Crippen molar-refractivity contribution in [2.45, 2.75) is 24.3 Å². The molecule has 1 heterocycles. The fraction of sp³-hybridized carbons (Fsp3) is 0.250. The molecule has 2 aromatic carbocycles. The van der Waals surface area contributed by atoms with E-state index in [0.717, 1.165) is 27.4 Å². The quantitative estimate of drug-likeness (QED) is 0.691. The molecular weight excluding hydrogens is 354 g/mol. The van der Waals surface area contributed by atoms with E-state index in [9.17, 15) is 0 Å². The molecule has 1 atom stereocenters. The van der Waals surface area contributed by atoms with E-state index in [1.54, 1.807) is 0 Å². The van der Waals surface area contributed by atoms with Gasteiger partial charge in [0.1, 0.15) is 0 Å². The molecule has 0 fully saturated rings. The summed E-state index contributed by atoms with van der Waals surface area (Å²) in [4.78, 5) is 1.34. The van der Waals surface area contributed by atoms with E-state index in [4.69, 9.17) is 11.6 Å². The molecular formula is C16H15BrClNS. The number of rotatable bonds is 2. The van der Waals surface area contributed by atoms with Gasteiger partial charge >= 0.3 is 0 Å². The first-order valence-corrected chi connectivity index (χ1v) is 8.73. The molecule has 0 aromatic heterocycles. The maximum Gasteiger partial charge on any atom is 0.0533 e. The molecule has 0 saturated carbocycles. The Morgan fingerprint density at radius 1 is 1.25 bits per heavy atom. The molecule has 1 aliphatic heterocycles. The molecule has 0 radical (unpaired) electrons. The van der Waals surface area contributed by atoms with Gasteiger partial charge in [0.2, 0.25) is 0 Å². The minimum Gasteiger partial charge on any atom is -0.378 e. The molecule has 1 N–H and O–H groups in total. The van der Waals surface area contributed by atoms with Crippen LogP contribution in [0.15, 0.2) is 45.8 Å². The first-order valence-electron chi connectivity index (χ1n) is 6.58. The summed E-state index contributed by atoms with van der Waals surface area (Å²) in [6.07, 6.45) is 1.11. The summed E-state index contributed by atoms with van der Waals surface area (Å²) < 4.78 is 1.11. The van der Waals surface area contributed by atoms with E-state index in [1.165, 1.54) is 16.0 Å². The number of aryl methyl sites for hydroxylation is 1. The Labute approximate surface area is 137 Å². The zero-order chi connectivity index (χ0) is 14.1. The van der Waals surface area contributed by atoms with Crippen LogP contribution in [0.5, 0.6) is 0 Å². The largest absolute Gasteiger partial charge is 0.378 e. The number of fused-ring (bicyclic) bond motifs is 1. The summed E-state index contributed by atoms with van der Waals surface area (Å²) in [7, 11) is 0. The fourth-order valence-corrected chi connectivity index (χ4v) is 4.43. The van der Waals surface area contributed by atoms with E-state index < -0.39 is 0 Å². The third-order valence-corrected chi connectivity index (χ3v) is 5.21. The first kappa shape index (κ1) is 14.3. The zero-order valence-electron chi connectivity index (χ0n) is 11.1. The summed E-state index contributed by atoms with van der Waals surface area (Å²) >= 11 is 11.6. The maximum atomic E-state index is 6.15. The number of benzene rings is 2. The fourth-order valence-electron chi connectivity index (χ4n) is 2.54. The number of hydrogen-bond donors (Lipinski definition) is 1. The lowest BCUT2D eigenvalue weighted by atomic mass is 10.0. The minimum absolute atomic E-state index is 0.332. The van der Waals surface area contributed by atoms with Crippen LogP contribution in [0, 0.1) is 6.92 Å². The van der Waals surface area contributed by atoms with E-state index >= 15 is 0 Å². The smallest absolute Gasteiger partial charge is 0.0533 e. The average molecular weight is 369 g/mol. The maximum absolute atomic E-state index is 6.15. The van der Waals surface area contributed by atoms with Crippen molar-refractivity contribution in [3.63, 3.8) is 0 Å². The van der Waals surface area contributed by atoms with Gasteiger partial charge in [-0.15, -0.1) is 11.8 Å². The molecule has 0 amide bonds. The molecule has 2 aromatic rings. The van der Waals surface area contributed by atoms with Gasteiger partial charge in [-0.2, -0.15) is 0 Å². The summed E-state index contributed by atoms with van der Waals surface area (Å²) in [5.41, 5.74) is 3.71. The number of halogens is 2. The van der Waals surface area contributed by atoms with Gasteiger partial charge in [-0.1, -0.05) is 27.5 Å². The first-order chi connectivity index (χ1) is 9.61.